The summed E-state index contributed by atoms with van der Waals surface area (Å²) in [6, 6.07) is 4.49. The maximum Gasteiger partial charge on any atom is 0.324 e. The van der Waals surface area contributed by atoms with Gasteiger partial charge in [0.1, 0.15) is 11.8 Å². The fraction of sp³-hybridized carbons (Fsp3) is 0.500. The van der Waals surface area contributed by atoms with Crippen molar-refractivity contribution in [3.8, 4) is 5.75 Å². The van der Waals surface area contributed by atoms with Gasteiger partial charge in [0.25, 0.3) is 0 Å². The van der Waals surface area contributed by atoms with Crippen LogP contribution in [0.2, 0.25) is 5.02 Å². The number of ether oxygens (including phenoxy) is 1. The quantitative estimate of drug-likeness (QED) is 0.839. The fourth-order valence-corrected chi connectivity index (χ4v) is 3.83. The first-order chi connectivity index (χ1) is 9.35. The molecule has 1 heterocycles. The van der Waals surface area contributed by atoms with E-state index in [1.54, 1.807) is 36.9 Å². The normalized spacial score (nSPS) is 24.6. The molecule has 110 valence electrons. The van der Waals surface area contributed by atoms with Gasteiger partial charge >= 0.3 is 5.97 Å². The van der Waals surface area contributed by atoms with Crippen molar-refractivity contribution < 1.29 is 14.6 Å². The van der Waals surface area contributed by atoms with E-state index in [2.05, 4.69) is 5.32 Å². The molecule has 1 aliphatic heterocycles. The van der Waals surface area contributed by atoms with Gasteiger partial charge in [0.2, 0.25) is 0 Å². The van der Waals surface area contributed by atoms with E-state index in [1.165, 1.54) is 0 Å². The van der Waals surface area contributed by atoms with Crippen LogP contribution in [0, 0.1) is 0 Å². The van der Waals surface area contributed by atoms with Crippen LogP contribution < -0.4 is 5.32 Å². The predicted octanol–water partition coefficient (Wildman–Crippen LogP) is 3.09. The molecule has 0 aliphatic carbocycles. The minimum absolute atomic E-state index is 0.166. The molecule has 0 amide bonds. The van der Waals surface area contributed by atoms with E-state index in [4.69, 9.17) is 16.3 Å². The van der Waals surface area contributed by atoms with Crippen molar-refractivity contribution >= 4 is 29.3 Å². The second-order valence-electron chi connectivity index (χ2n) is 5.16. The van der Waals surface area contributed by atoms with Crippen LogP contribution in [-0.2, 0) is 9.53 Å². The van der Waals surface area contributed by atoms with Crippen LogP contribution >= 0.6 is 23.4 Å². The molecule has 4 nitrogen and oxygen atoms in total. The third kappa shape index (κ3) is 3.05. The molecule has 0 saturated carbocycles. The molecule has 20 heavy (non-hydrogen) atoms. The number of phenols is 1. The Labute approximate surface area is 127 Å². The number of benzene rings is 1. The molecular weight excluding hydrogens is 298 g/mol. The molecule has 2 N–H and O–H groups in total. The molecule has 1 aromatic rings. The lowest BCUT2D eigenvalue weighted by atomic mass is 10.0. The van der Waals surface area contributed by atoms with Crippen LogP contribution in [0.3, 0.4) is 0 Å². The lowest BCUT2D eigenvalue weighted by Gasteiger charge is -2.22. The average Bonchev–Trinajstić information content (AvgIpc) is 2.68. The van der Waals surface area contributed by atoms with Crippen LogP contribution in [0.15, 0.2) is 18.2 Å². The van der Waals surface area contributed by atoms with E-state index in [0.29, 0.717) is 17.2 Å². The molecule has 1 aliphatic rings. The van der Waals surface area contributed by atoms with Gasteiger partial charge in [-0.2, -0.15) is 0 Å². The Morgan fingerprint density at radius 2 is 2.25 bits per heavy atom. The number of nitrogens with one attached hydrogen (secondary N) is 1. The smallest absolute Gasteiger partial charge is 0.324 e. The highest BCUT2D eigenvalue weighted by Crippen LogP contribution is 2.48. The Morgan fingerprint density at radius 1 is 1.55 bits per heavy atom. The highest BCUT2D eigenvalue weighted by Gasteiger charge is 2.46. The number of hydrogen-bond acceptors (Lipinski definition) is 5. The van der Waals surface area contributed by atoms with Crippen LogP contribution in [-0.4, -0.2) is 28.5 Å². The standard InChI is InChI=1S/C14H18ClNO3S/c1-4-19-13(18)11-14(2,3)20-12(16-11)9-7-8(15)5-6-10(9)17/h5-7,11-12,16-17H,4H2,1-3H3/t11-,12+/m0/s1. The third-order valence-electron chi connectivity index (χ3n) is 3.23. The molecule has 0 unspecified atom stereocenters. The van der Waals surface area contributed by atoms with Crippen molar-refractivity contribution in [2.24, 2.45) is 0 Å². The van der Waals surface area contributed by atoms with Crippen molar-refractivity contribution in [2.75, 3.05) is 6.61 Å². The number of esters is 1. The molecule has 1 fully saturated rings. The Bertz CT molecular complexity index is 521. The van der Waals surface area contributed by atoms with Crippen LogP contribution in [0.1, 0.15) is 31.7 Å². The van der Waals surface area contributed by atoms with Crippen molar-refractivity contribution in [1.29, 1.82) is 0 Å². The summed E-state index contributed by atoms with van der Waals surface area (Å²) in [7, 11) is 0. The molecule has 0 spiro atoms. The number of carbonyl (C=O) groups is 1. The first-order valence-corrected chi connectivity index (χ1v) is 7.70. The van der Waals surface area contributed by atoms with Crippen molar-refractivity contribution in [2.45, 2.75) is 36.9 Å². The molecule has 0 bridgehead atoms. The molecule has 0 aromatic heterocycles. The van der Waals surface area contributed by atoms with Crippen molar-refractivity contribution in [3.05, 3.63) is 28.8 Å². The molecular formula is C14H18ClNO3S. The van der Waals surface area contributed by atoms with Gasteiger partial charge in [-0.15, -0.1) is 11.8 Å². The van der Waals surface area contributed by atoms with E-state index in [0.717, 1.165) is 0 Å². The number of phenolic OH excluding ortho intramolecular Hbond substituents is 1. The lowest BCUT2D eigenvalue weighted by Crippen LogP contribution is -2.44. The summed E-state index contributed by atoms with van der Waals surface area (Å²) in [6.45, 7) is 6.10. The van der Waals surface area contributed by atoms with Gasteiger partial charge < -0.3 is 9.84 Å². The van der Waals surface area contributed by atoms with Gasteiger partial charge in [0.05, 0.1) is 12.0 Å². The third-order valence-corrected chi connectivity index (χ3v) is 4.93. The van der Waals surface area contributed by atoms with Gasteiger partial charge in [-0.3, -0.25) is 10.1 Å². The minimum Gasteiger partial charge on any atom is -0.508 e. The van der Waals surface area contributed by atoms with Gasteiger partial charge in [-0.1, -0.05) is 11.6 Å². The number of rotatable bonds is 3. The summed E-state index contributed by atoms with van der Waals surface area (Å²) in [6.07, 6.45) is 0. The Morgan fingerprint density at radius 3 is 2.90 bits per heavy atom. The minimum atomic E-state index is -0.421. The number of halogens is 1. The highest BCUT2D eigenvalue weighted by molar-refractivity contribution is 8.01. The number of carbonyl (C=O) groups excluding carboxylic acids is 1. The van der Waals surface area contributed by atoms with Gasteiger partial charge in [0, 0.05) is 15.3 Å². The molecule has 1 saturated heterocycles. The van der Waals surface area contributed by atoms with Crippen LogP contribution in [0.4, 0.5) is 0 Å². The summed E-state index contributed by atoms with van der Waals surface area (Å²) in [5.74, 6) is -0.103. The Balaban J connectivity index is 2.25. The summed E-state index contributed by atoms with van der Waals surface area (Å²) < 4.78 is 4.77. The number of aromatic hydroxyl groups is 1. The topological polar surface area (TPSA) is 58.6 Å². The van der Waals surface area contributed by atoms with Gasteiger partial charge in [0.15, 0.2) is 0 Å². The molecule has 6 heteroatoms. The Hall–Kier alpha value is -0.910. The molecule has 2 rings (SSSR count). The van der Waals surface area contributed by atoms with E-state index in [-0.39, 0.29) is 21.8 Å². The first-order valence-electron chi connectivity index (χ1n) is 6.44. The van der Waals surface area contributed by atoms with Crippen molar-refractivity contribution in [1.82, 2.24) is 5.32 Å². The number of hydrogen-bond donors (Lipinski definition) is 2. The van der Waals surface area contributed by atoms with E-state index in [1.807, 2.05) is 13.8 Å². The highest BCUT2D eigenvalue weighted by atomic mass is 35.5. The average molecular weight is 316 g/mol. The second-order valence-corrected chi connectivity index (χ2v) is 7.35. The molecule has 0 radical (unpaired) electrons. The molecule has 1 aromatic carbocycles. The monoisotopic (exact) mass is 315 g/mol. The lowest BCUT2D eigenvalue weighted by molar-refractivity contribution is -0.146. The zero-order valence-electron chi connectivity index (χ0n) is 11.6. The van der Waals surface area contributed by atoms with Gasteiger partial charge in [-0.05, 0) is 39.0 Å². The van der Waals surface area contributed by atoms with E-state index in [9.17, 15) is 9.90 Å². The maximum absolute atomic E-state index is 12.0. The summed E-state index contributed by atoms with van der Waals surface area (Å²) in [4.78, 5) is 12.0. The SMILES string of the molecule is CCOC(=O)[C@@H]1N[C@@H](c2cc(Cl)ccc2O)SC1(C)C. The second kappa shape index (κ2) is 5.84. The van der Waals surface area contributed by atoms with Gasteiger partial charge in [-0.25, -0.2) is 0 Å². The summed E-state index contributed by atoms with van der Waals surface area (Å²) >= 11 is 7.55. The zero-order chi connectivity index (χ0) is 14.9. The predicted molar refractivity (Wildman–Crippen MR) is 81.1 cm³/mol. The fourth-order valence-electron chi connectivity index (χ4n) is 2.22. The Kier molecular flexibility index (Phi) is 4.52. The zero-order valence-corrected chi connectivity index (χ0v) is 13.2. The van der Waals surface area contributed by atoms with Crippen molar-refractivity contribution in [3.63, 3.8) is 0 Å². The largest absolute Gasteiger partial charge is 0.508 e. The molecule has 2 atom stereocenters. The maximum atomic E-state index is 12.0. The number of thioether (sulfide) groups is 1. The summed E-state index contributed by atoms with van der Waals surface area (Å²) in [5.41, 5.74) is 0.683. The van der Waals surface area contributed by atoms with E-state index >= 15 is 0 Å². The van der Waals surface area contributed by atoms with E-state index < -0.39 is 6.04 Å². The summed E-state index contributed by atoms with van der Waals surface area (Å²) in [5, 5.41) is 13.5. The first kappa shape index (κ1) is 15.5. The van der Waals surface area contributed by atoms with Crippen LogP contribution in [0.5, 0.6) is 5.75 Å². The van der Waals surface area contributed by atoms with Crippen LogP contribution in [0.25, 0.3) is 0 Å².